The Hall–Kier alpha value is -0.900. The molecule has 0 saturated heterocycles. The number of nitrogens with two attached hydrogens (primary N) is 1. The number of hydrogen-bond donors (Lipinski definition) is 2. The van der Waals surface area contributed by atoms with Crippen LogP contribution in [0.25, 0.3) is 0 Å². The first-order valence-electron chi connectivity index (χ1n) is 7.35. The SMILES string of the molecule is CCOC1CC(CC(Cc2ccccc2C)NN)C1. The van der Waals surface area contributed by atoms with E-state index in [1.165, 1.54) is 24.0 Å². The molecule has 1 unspecified atom stereocenters. The molecule has 0 aliphatic heterocycles. The van der Waals surface area contributed by atoms with E-state index in [2.05, 4.69) is 43.5 Å². The topological polar surface area (TPSA) is 47.3 Å². The van der Waals surface area contributed by atoms with Crippen molar-refractivity contribution in [3.8, 4) is 0 Å². The third kappa shape index (κ3) is 4.03. The van der Waals surface area contributed by atoms with E-state index in [1.54, 1.807) is 0 Å². The van der Waals surface area contributed by atoms with E-state index < -0.39 is 0 Å². The van der Waals surface area contributed by atoms with Gasteiger partial charge in [-0.05, 0) is 56.6 Å². The van der Waals surface area contributed by atoms with Gasteiger partial charge in [0.1, 0.15) is 0 Å². The summed E-state index contributed by atoms with van der Waals surface area (Å²) in [6, 6.07) is 8.92. The van der Waals surface area contributed by atoms with Crippen LogP contribution in [-0.2, 0) is 11.2 Å². The molecule has 19 heavy (non-hydrogen) atoms. The maximum Gasteiger partial charge on any atom is 0.0580 e. The smallest absolute Gasteiger partial charge is 0.0580 e. The van der Waals surface area contributed by atoms with Crippen molar-refractivity contribution in [2.45, 2.75) is 51.7 Å². The summed E-state index contributed by atoms with van der Waals surface area (Å²) in [5, 5.41) is 0. The van der Waals surface area contributed by atoms with E-state index in [0.29, 0.717) is 12.1 Å². The van der Waals surface area contributed by atoms with Gasteiger partial charge in [-0.3, -0.25) is 11.3 Å². The Kier molecular flexibility index (Phi) is 5.37. The van der Waals surface area contributed by atoms with Crippen molar-refractivity contribution in [3.63, 3.8) is 0 Å². The van der Waals surface area contributed by atoms with Gasteiger partial charge in [0.25, 0.3) is 0 Å². The van der Waals surface area contributed by atoms with Gasteiger partial charge < -0.3 is 4.74 Å². The molecule has 0 heterocycles. The molecule has 0 bridgehead atoms. The summed E-state index contributed by atoms with van der Waals surface area (Å²) < 4.78 is 5.61. The number of nitrogens with one attached hydrogen (secondary N) is 1. The lowest BCUT2D eigenvalue weighted by Gasteiger charge is -2.37. The van der Waals surface area contributed by atoms with Crippen molar-refractivity contribution in [1.82, 2.24) is 5.43 Å². The van der Waals surface area contributed by atoms with Gasteiger partial charge in [0, 0.05) is 12.6 Å². The highest BCUT2D eigenvalue weighted by Crippen LogP contribution is 2.34. The zero-order valence-corrected chi connectivity index (χ0v) is 12.1. The predicted octanol–water partition coefficient (Wildman–Crippen LogP) is 2.57. The molecule has 0 spiro atoms. The molecule has 1 aromatic carbocycles. The average molecular weight is 262 g/mol. The molecule has 106 valence electrons. The predicted molar refractivity (Wildman–Crippen MR) is 78.7 cm³/mol. The molecule has 2 rings (SSSR count). The minimum Gasteiger partial charge on any atom is -0.378 e. The molecule has 3 nitrogen and oxygen atoms in total. The standard InChI is InChI=1S/C16H26N2O/c1-3-19-16-9-13(10-16)8-15(18-17)11-14-7-5-4-6-12(14)2/h4-7,13,15-16,18H,3,8-11,17H2,1-2H3. The molecule has 3 heteroatoms. The Labute approximate surface area is 116 Å². The van der Waals surface area contributed by atoms with Gasteiger partial charge in [-0.15, -0.1) is 0 Å². The Balaban J connectivity index is 1.80. The van der Waals surface area contributed by atoms with E-state index in [1.807, 2.05) is 0 Å². The van der Waals surface area contributed by atoms with Crippen LogP contribution >= 0.6 is 0 Å². The molecule has 1 fully saturated rings. The normalized spacial score (nSPS) is 23.9. The van der Waals surface area contributed by atoms with Gasteiger partial charge >= 0.3 is 0 Å². The summed E-state index contributed by atoms with van der Waals surface area (Å²) in [5.41, 5.74) is 5.73. The van der Waals surface area contributed by atoms with Crippen LogP contribution in [-0.4, -0.2) is 18.8 Å². The molecule has 1 atom stereocenters. The fourth-order valence-electron chi connectivity index (χ4n) is 2.96. The monoisotopic (exact) mass is 262 g/mol. The van der Waals surface area contributed by atoms with E-state index >= 15 is 0 Å². The molecule has 1 aliphatic rings. The van der Waals surface area contributed by atoms with Gasteiger partial charge in [-0.1, -0.05) is 24.3 Å². The zero-order valence-electron chi connectivity index (χ0n) is 12.1. The van der Waals surface area contributed by atoms with Gasteiger partial charge in [0.2, 0.25) is 0 Å². The first-order chi connectivity index (χ1) is 9.22. The highest BCUT2D eigenvalue weighted by Gasteiger charge is 2.31. The molecule has 1 aromatic rings. The lowest BCUT2D eigenvalue weighted by atomic mass is 9.77. The number of ether oxygens (including phenoxy) is 1. The fourth-order valence-corrected chi connectivity index (χ4v) is 2.96. The van der Waals surface area contributed by atoms with Gasteiger partial charge in [-0.25, -0.2) is 0 Å². The van der Waals surface area contributed by atoms with Crippen molar-refractivity contribution < 1.29 is 4.74 Å². The number of rotatable bonds is 7. The molecule has 0 amide bonds. The molecule has 0 aromatic heterocycles. The Morgan fingerprint density at radius 3 is 2.74 bits per heavy atom. The van der Waals surface area contributed by atoms with Crippen LogP contribution in [0.3, 0.4) is 0 Å². The van der Waals surface area contributed by atoms with Crippen molar-refractivity contribution in [1.29, 1.82) is 0 Å². The van der Waals surface area contributed by atoms with E-state index in [9.17, 15) is 0 Å². The quantitative estimate of drug-likeness (QED) is 0.586. The molecular formula is C16H26N2O. The summed E-state index contributed by atoms with van der Waals surface area (Å²) in [4.78, 5) is 0. The highest BCUT2D eigenvalue weighted by molar-refractivity contribution is 5.26. The summed E-state index contributed by atoms with van der Waals surface area (Å²) in [7, 11) is 0. The highest BCUT2D eigenvalue weighted by atomic mass is 16.5. The van der Waals surface area contributed by atoms with Gasteiger partial charge in [0.05, 0.1) is 6.10 Å². The minimum atomic E-state index is 0.369. The van der Waals surface area contributed by atoms with E-state index in [0.717, 1.165) is 25.4 Å². The van der Waals surface area contributed by atoms with Crippen molar-refractivity contribution >= 4 is 0 Å². The molecule has 1 aliphatic carbocycles. The summed E-state index contributed by atoms with van der Waals surface area (Å²) >= 11 is 0. The lowest BCUT2D eigenvalue weighted by Crippen LogP contribution is -2.42. The number of aryl methyl sites for hydroxylation is 1. The second kappa shape index (κ2) is 7.04. The minimum absolute atomic E-state index is 0.369. The van der Waals surface area contributed by atoms with Crippen LogP contribution in [0.15, 0.2) is 24.3 Å². The first kappa shape index (κ1) is 14.5. The van der Waals surface area contributed by atoms with Gasteiger partial charge in [0.15, 0.2) is 0 Å². The molecular weight excluding hydrogens is 236 g/mol. The van der Waals surface area contributed by atoms with Gasteiger partial charge in [-0.2, -0.15) is 0 Å². The Morgan fingerprint density at radius 1 is 1.37 bits per heavy atom. The fraction of sp³-hybridized carbons (Fsp3) is 0.625. The molecule has 1 saturated carbocycles. The second-order valence-electron chi connectivity index (χ2n) is 5.64. The van der Waals surface area contributed by atoms with E-state index in [4.69, 9.17) is 10.6 Å². The molecule has 0 radical (unpaired) electrons. The third-order valence-corrected chi connectivity index (χ3v) is 4.18. The number of benzene rings is 1. The van der Waals surface area contributed by atoms with Crippen LogP contribution < -0.4 is 11.3 Å². The summed E-state index contributed by atoms with van der Waals surface area (Å²) in [6.45, 7) is 5.06. The van der Waals surface area contributed by atoms with Crippen LogP contribution in [0.4, 0.5) is 0 Å². The van der Waals surface area contributed by atoms with Crippen molar-refractivity contribution in [2.75, 3.05) is 6.61 Å². The average Bonchev–Trinajstić information content (AvgIpc) is 2.37. The third-order valence-electron chi connectivity index (χ3n) is 4.18. The number of hydrazine groups is 1. The zero-order chi connectivity index (χ0) is 13.7. The summed E-state index contributed by atoms with van der Waals surface area (Å²) in [5.74, 6) is 6.48. The maximum atomic E-state index is 5.71. The largest absolute Gasteiger partial charge is 0.378 e. The lowest BCUT2D eigenvalue weighted by molar-refractivity contribution is -0.0290. The van der Waals surface area contributed by atoms with Crippen LogP contribution in [0.2, 0.25) is 0 Å². The number of hydrogen-bond acceptors (Lipinski definition) is 3. The maximum absolute atomic E-state index is 5.71. The van der Waals surface area contributed by atoms with E-state index in [-0.39, 0.29) is 0 Å². The van der Waals surface area contributed by atoms with Crippen molar-refractivity contribution in [3.05, 3.63) is 35.4 Å². The summed E-state index contributed by atoms with van der Waals surface area (Å²) in [6.07, 6.45) is 5.04. The van der Waals surface area contributed by atoms with Crippen LogP contribution in [0, 0.1) is 12.8 Å². The van der Waals surface area contributed by atoms with Crippen LogP contribution in [0.1, 0.15) is 37.3 Å². The van der Waals surface area contributed by atoms with Crippen LogP contribution in [0.5, 0.6) is 0 Å². The second-order valence-corrected chi connectivity index (χ2v) is 5.64. The molecule has 3 N–H and O–H groups in total. The first-order valence-corrected chi connectivity index (χ1v) is 7.35. The Morgan fingerprint density at radius 2 is 2.11 bits per heavy atom. The Bertz CT molecular complexity index is 388. The van der Waals surface area contributed by atoms with Crippen molar-refractivity contribution in [2.24, 2.45) is 11.8 Å².